The number of carbonyl (C=O) groups excluding carboxylic acids is 1. The smallest absolute Gasteiger partial charge is 0.231 e. The minimum Gasteiger partial charge on any atom is -0.369 e. The topological polar surface area (TPSA) is 73.4 Å². The molecule has 2 fully saturated rings. The van der Waals surface area contributed by atoms with Crippen LogP contribution in [0.1, 0.15) is 19.8 Å². The van der Waals surface area contributed by atoms with Crippen LogP contribution in [0.3, 0.4) is 0 Å². The first kappa shape index (κ1) is 17.7. The fourth-order valence-corrected chi connectivity index (χ4v) is 3.71. The zero-order valence-electron chi connectivity index (χ0n) is 15.7. The lowest BCUT2D eigenvalue weighted by Gasteiger charge is -2.29. The number of piperazine rings is 1. The monoisotopic (exact) mass is 366 g/mol. The van der Waals surface area contributed by atoms with Crippen molar-refractivity contribution in [3.05, 3.63) is 36.5 Å². The van der Waals surface area contributed by atoms with E-state index in [1.54, 1.807) is 17.2 Å². The zero-order chi connectivity index (χ0) is 18.6. The van der Waals surface area contributed by atoms with Gasteiger partial charge in [-0.3, -0.25) is 9.69 Å². The van der Waals surface area contributed by atoms with Crippen LogP contribution in [0.25, 0.3) is 0 Å². The highest BCUT2D eigenvalue weighted by Crippen LogP contribution is 2.26. The largest absolute Gasteiger partial charge is 0.369 e. The second kappa shape index (κ2) is 7.92. The fraction of sp³-hybridized carbons (Fsp3) is 0.450. The van der Waals surface area contributed by atoms with E-state index >= 15 is 0 Å². The van der Waals surface area contributed by atoms with Gasteiger partial charge in [-0.15, -0.1) is 0 Å². The van der Waals surface area contributed by atoms with Gasteiger partial charge in [0.05, 0.1) is 0 Å². The summed E-state index contributed by atoms with van der Waals surface area (Å²) in [4.78, 5) is 25.4. The van der Waals surface area contributed by atoms with Crippen molar-refractivity contribution in [2.45, 2.75) is 19.8 Å². The average Bonchev–Trinajstić information content (AvgIpc) is 3.10. The molecule has 1 amide bonds. The molecule has 2 saturated heterocycles. The van der Waals surface area contributed by atoms with Crippen LogP contribution in [0.4, 0.5) is 23.1 Å². The van der Waals surface area contributed by atoms with Crippen LogP contribution < -0.4 is 20.4 Å². The highest BCUT2D eigenvalue weighted by Gasteiger charge is 2.31. The molecule has 4 rings (SSSR count). The Bertz CT molecular complexity index is 787. The summed E-state index contributed by atoms with van der Waals surface area (Å²) in [5.74, 6) is 1.47. The van der Waals surface area contributed by atoms with Crippen LogP contribution in [-0.2, 0) is 4.79 Å². The first-order chi connectivity index (χ1) is 13.2. The Kier molecular flexibility index (Phi) is 5.20. The van der Waals surface area contributed by atoms with Gasteiger partial charge in [0.2, 0.25) is 11.9 Å². The van der Waals surface area contributed by atoms with E-state index in [9.17, 15) is 4.79 Å². The summed E-state index contributed by atoms with van der Waals surface area (Å²) in [6, 6.07) is 10.1. The first-order valence-corrected chi connectivity index (χ1v) is 9.72. The van der Waals surface area contributed by atoms with Crippen LogP contribution in [0, 0.1) is 5.92 Å². The highest BCUT2D eigenvalue weighted by molar-refractivity contribution is 5.96. The summed E-state index contributed by atoms with van der Waals surface area (Å²) in [5, 5.41) is 6.61. The van der Waals surface area contributed by atoms with E-state index in [-0.39, 0.29) is 11.8 Å². The average molecular weight is 366 g/mol. The van der Waals surface area contributed by atoms with Gasteiger partial charge in [0.25, 0.3) is 0 Å². The number of carbonyl (C=O) groups is 1. The normalized spacial score (nSPS) is 20.2. The summed E-state index contributed by atoms with van der Waals surface area (Å²) in [6.45, 7) is 6.89. The molecule has 2 aliphatic heterocycles. The number of aromatic nitrogens is 2. The van der Waals surface area contributed by atoms with E-state index in [2.05, 4.69) is 44.6 Å². The molecule has 1 aromatic heterocycles. The zero-order valence-corrected chi connectivity index (χ0v) is 15.7. The Balaban J connectivity index is 1.44. The quantitative estimate of drug-likeness (QED) is 0.847. The number of amides is 1. The van der Waals surface area contributed by atoms with Gasteiger partial charge in [-0.1, -0.05) is 6.92 Å². The summed E-state index contributed by atoms with van der Waals surface area (Å²) in [7, 11) is 0. The third-order valence-corrected chi connectivity index (χ3v) is 5.33. The number of hydrogen-bond donors (Lipinski definition) is 2. The van der Waals surface area contributed by atoms with Crippen molar-refractivity contribution in [2.24, 2.45) is 5.92 Å². The number of hydrogen-bond acceptors (Lipinski definition) is 6. The molecule has 0 aliphatic carbocycles. The molecule has 7 heteroatoms. The summed E-state index contributed by atoms with van der Waals surface area (Å²) in [6.07, 6.45) is 3.48. The molecular weight excluding hydrogens is 340 g/mol. The van der Waals surface area contributed by atoms with E-state index in [4.69, 9.17) is 0 Å². The van der Waals surface area contributed by atoms with E-state index < -0.39 is 0 Å². The van der Waals surface area contributed by atoms with Gasteiger partial charge >= 0.3 is 0 Å². The molecule has 2 N–H and O–H groups in total. The Morgan fingerprint density at radius 2 is 1.93 bits per heavy atom. The first-order valence-electron chi connectivity index (χ1n) is 9.72. The number of rotatable bonds is 5. The number of anilines is 4. The molecule has 1 aromatic carbocycles. The molecule has 27 heavy (non-hydrogen) atoms. The minimum absolute atomic E-state index is 0.119. The Hall–Kier alpha value is -2.67. The molecular formula is C20H26N6O. The van der Waals surface area contributed by atoms with Crippen molar-refractivity contribution in [1.82, 2.24) is 15.3 Å². The lowest BCUT2D eigenvalue weighted by Crippen LogP contribution is -2.43. The van der Waals surface area contributed by atoms with Gasteiger partial charge in [-0.05, 0) is 43.2 Å². The van der Waals surface area contributed by atoms with Crippen LogP contribution in [-0.4, -0.2) is 48.6 Å². The van der Waals surface area contributed by atoms with Crippen molar-refractivity contribution in [2.75, 3.05) is 47.8 Å². The van der Waals surface area contributed by atoms with Gasteiger partial charge in [0.1, 0.15) is 5.82 Å². The van der Waals surface area contributed by atoms with Gasteiger partial charge in [-0.25, -0.2) is 4.98 Å². The van der Waals surface area contributed by atoms with E-state index in [1.807, 2.05) is 12.1 Å². The summed E-state index contributed by atoms with van der Waals surface area (Å²) < 4.78 is 0. The molecule has 3 heterocycles. The molecule has 0 bridgehead atoms. The predicted molar refractivity (Wildman–Crippen MR) is 108 cm³/mol. The number of nitrogens with one attached hydrogen (secondary N) is 2. The maximum Gasteiger partial charge on any atom is 0.231 e. The molecule has 1 atom stereocenters. The Labute approximate surface area is 159 Å². The Morgan fingerprint density at radius 1 is 1.15 bits per heavy atom. The SMILES string of the molecule is CC[C@@H]1CCN(c2ccnc(Nc3ccc(N4CCNCC4)cc3)n2)C1=O. The fourth-order valence-electron chi connectivity index (χ4n) is 3.71. The maximum atomic E-state index is 12.4. The second-order valence-corrected chi connectivity index (χ2v) is 7.03. The summed E-state index contributed by atoms with van der Waals surface area (Å²) in [5.41, 5.74) is 2.16. The van der Waals surface area contributed by atoms with Gasteiger partial charge in [-0.2, -0.15) is 4.98 Å². The number of benzene rings is 1. The molecule has 0 saturated carbocycles. The highest BCUT2D eigenvalue weighted by atomic mass is 16.2. The molecule has 0 unspecified atom stereocenters. The third kappa shape index (κ3) is 3.88. The lowest BCUT2D eigenvalue weighted by atomic mass is 10.1. The van der Waals surface area contributed by atoms with Crippen molar-refractivity contribution in [3.63, 3.8) is 0 Å². The third-order valence-electron chi connectivity index (χ3n) is 5.33. The Morgan fingerprint density at radius 3 is 2.63 bits per heavy atom. The van der Waals surface area contributed by atoms with Crippen molar-refractivity contribution < 1.29 is 4.79 Å². The van der Waals surface area contributed by atoms with Crippen molar-refractivity contribution in [3.8, 4) is 0 Å². The molecule has 0 radical (unpaired) electrons. The van der Waals surface area contributed by atoms with Crippen LogP contribution in [0.5, 0.6) is 0 Å². The van der Waals surface area contributed by atoms with Crippen molar-refractivity contribution >= 4 is 29.0 Å². The summed E-state index contributed by atoms with van der Waals surface area (Å²) >= 11 is 0. The number of nitrogens with zero attached hydrogens (tertiary/aromatic N) is 4. The minimum atomic E-state index is 0.119. The van der Waals surface area contributed by atoms with Gasteiger partial charge in [0.15, 0.2) is 0 Å². The van der Waals surface area contributed by atoms with Crippen molar-refractivity contribution in [1.29, 1.82) is 0 Å². The van der Waals surface area contributed by atoms with E-state index in [0.717, 1.165) is 51.3 Å². The molecule has 2 aromatic rings. The molecule has 2 aliphatic rings. The van der Waals surface area contributed by atoms with E-state index in [1.165, 1.54) is 5.69 Å². The lowest BCUT2D eigenvalue weighted by molar-refractivity contribution is -0.120. The van der Waals surface area contributed by atoms with Crippen LogP contribution >= 0.6 is 0 Å². The standard InChI is InChI=1S/C20H26N6O/c1-2-15-8-12-26(19(15)27)18-7-9-22-20(24-18)23-16-3-5-17(6-4-16)25-13-10-21-11-14-25/h3-7,9,15,21H,2,8,10-14H2,1H3,(H,22,23,24)/t15-/m1/s1. The van der Waals surface area contributed by atoms with Crippen LogP contribution in [0.2, 0.25) is 0 Å². The van der Waals surface area contributed by atoms with Gasteiger partial charge < -0.3 is 15.5 Å². The van der Waals surface area contributed by atoms with E-state index in [0.29, 0.717) is 11.8 Å². The maximum absolute atomic E-state index is 12.4. The molecule has 7 nitrogen and oxygen atoms in total. The second-order valence-electron chi connectivity index (χ2n) is 7.03. The van der Waals surface area contributed by atoms with Crippen LogP contribution in [0.15, 0.2) is 36.5 Å². The molecule has 0 spiro atoms. The van der Waals surface area contributed by atoms with Gasteiger partial charge in [0, 0.05) is 56.2 Å². The molecule has 142 valence electrons. The predicted octanol–water partition coefficient (Wildman–Crippen LogP) is 2.39.